The van der Waals surface area contributed by atoms with Crippen molar-refractivity contribution in [1.82, 2.24) is 15.1 Å². The summed E-state index contributed by atoms with van der Waals surface area (Å²) in [5.74, 6) is 1.11. The van der Waals surface area contributed by atoms with Gasteiger partial charge in [-0.15, -0.1) is 0 Å². The number of carbonyl (C=O) groups excluding carboxylic acids is 1. The molecule has 0 aliphatic carbocycles. The lowest BCUT2D eigenvalue weighted by atomic mass is 9.93. The summed E-state index contributed by atoms with van der Waals surface area (Å²) in [5, 5.41) is 3.39. The Morgan fingerprint density at radius 2 is 2.05 bits per heavy atom. The third-order valence-electron chi connectivity index (χ3n) is 5.24. The number of piperazine rings is 1. The van der Waals surface area contributed by atoms with Gasteiger partial charge in [-0.3, -0.25) is 9.69 Å². The van der Waals surface area contributed by atoms with Crippen LogP contribution < -0.4 is 5.32 Å². The van der Waals surface area contributed by atoms with Crippen LogP contribution in [0.4, 0.5) is 0 Å². The van der Waals surface area contributed by atoms with Crippen LogP contribution in [0.2, 0.25) is 0 Å². The average molecular weight is 311 g/mol. The predicted molar refractivity (Wildman–Crippen MR) is 88.9 cm³/mol. The molecule has 0 aromatic carbocycles. The molecular weight excluding hydrogens is 278 g/mol. The van der Waals surface area contributed by atoms with Crippen LogP contribution in [0, 0.1) is 5.92 Å². The summed E-state index contributed by atoms with van der Waals surface area (Å²) in [7, 11) is 1.75. The van der Waals surface area contributed by atoms with E-state index in [1.165, 1.54) is 12.8 Å². The Morgan fingerprint density at radius 3 is 2.73 bits per heavy atom. The van der Waals surface area contributed by atoms with Crippen LogP contribution in [0.15, 0.2) is 0 Å². The molecule has 0 radical (unpaired) electrons. The highest BCUT2D eigenvalue weighted by Crippen LogP contribution is 2.20. The fourth-order valence-corrected chi connectivity index (χ4v) is 3.67. The highest BCUT2D eigenvalue weighted by molar-refractivity contribution is 5.76. The number of amides is 1. The van der Waals surface area contributed by atoms with Crippen LogP contribution in [-0.2, 0) is 9.53 Å². The lowest BCUT2D eigenvalue weighted by molar-refractivity contribution is -0.134. The van der Waals surface area contributed by atoms with Crippen molar-refractivity contribution in [1.29, 1.82) is 0 Å². The van der Waals surface area contributed by atoms with Crippen LogP contribution in [0.3, 0.4) is 0 Å². The Morgan fingerprint density at radius 1 is 1.27 bits per heavy atom. The van der Waals surface area contributed by atoms with E-state index in [1.807, 2.05) is 0 Å². The van der Waals surface area contributed by atoms with Gasteiger partial charge in [-0.25, -0.2) is 0 Å². The molecule has 1 unspecified atom stereocenters. The lowest BCUT2D eigenvalue weighted by Gasteiger charge is -2.41. The van der Waals surface area contributed by atoms with Crippen molar-refractivity contribution >= 4 is 5.91 Å². The van der Waals surface area contributed by atoms with Gasteiger partial charge in [0.2, 0.25) is 5.91 Å². The number of hydrogen-bond donors (Lipinski definition) is 1. The standard InChI is InChI=1S/C17H33N3O2/c1-3-16-14-20(11-10-19(16)12-13-22-2)17(21)5-4-15-6-8-18-9-7-15/h15-16,18H,3-14H2,1-2H3. The Kier molecular flexibility index (Phi) is 7.63. The molecule has 2 rings (SSSR count). The van der Waals surface area contributed by atoms with Crippen LogP contribution in [0.1, 0.15) is 39.0 Å². The van der Waals surface area contributed by atoms with Crippen molar-refractivity contribution in [3.63, 3.8) is 0 Å². The first kappa shape index (κ1) is 17.7. The van der Waals surface area contributed by atoms with Gasteiger partial charge in [-0.05, 0) is 44.7 Å². The van der Waals surface area contributed by atoms with Gasteiger partial charge >= 0.3 is 0 Å². The third kappa shape index (κ3) is 5.21. The fraction of sp³-hybridized carbons (Fsp3) is 0.941. The molecule has 2 aliphatic heterocycles. The molecule has 22 heavy (non-hydrogen) atoms. The minimum absolute atomic E-state index is 0.364. The normalized spacial score (nSPS) is 24.6. The molecule has 0 saturated carbocycles. The molecule has 0 spiro atoms. The molecule has 2 fully saturated rings. The maximum Gasteiger partial charge on any atom is 0.222 e. The average Bonchev–Trinajstić information content (AvgIpc) is 2.58. The second-order valence-electron chi connectivity index (χ2n) is 6.66. The molecule has 5 heteroatoms. The van der Waals surface area contributed by atoms with E-state index in [0.717, 1.165) is 71.1 Å². The number of nitrogens with one attached hydrogen (secondary N) is 1. The summed E-state index contributed by atoms with van der Waals surface area (Å²) in [5.41, 5.74) is 0. The van der Waals surface area contributed by atoms with Crippen LogP contribution in [0.5, 0.6) is 0 Å². The zero-order chi connectivity index (χ0) is 15.8. The number of piperidine rings is 1. The van der Waals surface area contributed by atoms with Gasteiger partial charge < -0.3 is 15.0 Å². The van der Waals surface area contributed by atoms with E-state index in [0.29, 0.717) is 11.9 Å². The van der Waals surface area contributed by atoms with Crippen LogP contribution in [0.25, 0.3) is 0 Å². The molecule has 2 saturated heterocycles. The van der Waals surface area contributed by atoms with Gasteiger partial charge in [0.05, 0.1) is 6.61 Å². The minimum Gasteiger partial charge on any atom is -0.383 e. The molecule has 1 atom stereocenters. The lowest BCUT2D eigenvalue weighted by Crippen LogP contribution is -2.55. The summed E-state index contributed by atoms with van der Waals surface area (Å²) in [6.45, 7) is 8.97. The fourth-order valence-electron chi connectivity index (χ4n) is 3.67. The predicted octanol–water partition coefficient (Wildman–Crippen LogP) is 1.34. The van der Waals surface area contributed by atoms with Crippen LogP contribution >= 0.6 is 0 Å². The van der Waals surface area contributed by atoms with Crippen molar-refractivity contribution in [2.45, 2.75) is 45.1 Å². The largest absolute Gasteiger partial charge is 0.383 e. The Bertz CT molecular complexity index is 332. The molecule has 0 aromatic rings. The van der Waals surface area contributed by atoms with E-state index < -0.39 is 0 Å². The molecule has 0 bridgehead atoms. The van der Waals surface area contributed by atoms with E-state index >= 15 is 0 Å². The van der Waals surface area contributed by atoms with Crippen molar-refractivity contribution < 1.29 is 9.53 Å². The number of carbonyl (C=O) groups is 1. The molecule has 128 valence electrons. The zero-order valence-corrected chi connectivity index (χ0v) is 14.4. The molecule has 2 aliphatic rings. The minimum atomic E-state index is 0.364. The Balaban J connectivity index is 1.73. The van der Waals surface area contributed by atoms with Gasteiger partial charge in [0.1, 0.15) is 0 Å². The number of nitrogens with zero attached hydrogens (tertiary/aromatic N) is 2. The van der Waals surface area contributed by atoms with Crippen molar-refractivity contribution in [3.8, 4) is 0 Å². The van der Waals surface area contributed by atoms with E-state index in [-0.39, 0.29) is 0 Å². The van der Waals surface area contributed by atoms with Gasteiger partial charge in [0, 0.05) is 45.8 Å². The van der Waals surface area contributed by atoms with Crippen molar-refractivity contribution in [2.75, 3.05) is 53.0 Å². The second-order valence-corrected chi connectivity index (χ2v) is 6.66. The topological polar surface area (TPSA) is 44.8 Å². The monoisotopic (exact) mass is 311 g/mol. The first-order valence-electron chi connectivity index (χ1n) is 8.96. The summed E-state index contributed by atoms with van der Waals surface area (Å²) in [4.78, 5) is 17.1. The molecule has 1 N–H and O–H groups in total. The number of methoxy groups -OCH3 is 1. The van der Waals surface area contributed by atoms with Crippen molar-refractivity contribution in [2.24, 2.45) is 5.92 Å². The summed E-state index contributed by atoms with van der Waals surface area (Å²) in [6.07, 6.45) is 5.37. The first-order chi connectivity index (χ1) is 10.7. The number of rotatable bonds is 7. The zero-order valence-electron chi connectivity index (χ0n) is 14.4. The maximum absolute atomic E-state index is 12.5. The molecule has 5 nitrogen and oxygen atoms in total. The highest BCUT2D eigenvalue weighted by Gasteiger charge is 2.28. The van der Waals surface area contributed by atoms with Gasteiger partial charge in [0.25, 0.3) is 0 Å². The van der Waals surface area contributed by atoms with Crippen LogP contribution in [-0.4, -0.2) is 74.7 Å². The number of ether oxygens (including phenoxy) is 1. The molecule has 0 aromatic heterocycles. The van der Waals surface area contributed by atoms with E-state index in [9.17, 15) is 4.79 Å². The van der Waals surface area contributed by atoms with E-state index in [2.05, 4.69) is 22.0 Å². The molecular formula is C17H33N3O2. The summed E-state index contributed by atoms with van der Waals surface area (Å²) in [6, 6.07) is 0.492. The highest BCUT2D eigenvalue weighted by atomic mass is 16.5. The maximum atomic E-state index is 12.5. The van der Waals surface area contributed by atoms with Gasteiger partial charge in [-0.2, -0.15) is 0 Å². The smallest absolute Gasteiger partial charge is 0.222 e. The Labute approximate surface area is 135 Å². The van der Waals surface area contributed by atoms with Gasteiger partial charge in [-0.1, -0.05) is 6.92 Å². The quantitative estimate of drug-likeness (QED) is 0.770. The molecule has 2 heterocycles. The van der Waals surface area contributed by atoms with Gasteiger partial charge in [0.15, 0.2) is 0 Å². The SMILES string of the molecule is CCC1CN(C(=O)CCC2CCNCC2)CCN1CCOC. The summed E-state index contributed by atoms with van der Waals surface area (Å²) >= 11 is 0. The van der Waals surface area contributed by atoms with E-state index in [1.54, 1.807) is 7.11 Å². The molecule has 1 amide bonds. The third-order valence-corrected chi connectivity index (χ3v) is 5.24. The Hall–Kier alpha value is -0.650. The van der Waals surface area contributed by atoms with Crippen molar-refractivity contribution in [3.05, 3.63) is 0 Å². The summed E-state index contributed by atoms with van der Waals surface area (Å²) < 4.78 is 5.19. The van der Waals surface area contributed by atoms with E-state index in [4.69, 9.17) is 4.74 Å². The second kappa shape index (κ2) is 9.48. The first-order valence-corrected chi connectivity index (χ1v) is 8.96. The number of hydrogen-bond acceptors (Lipinski definition) is 4.